The van der Waals surface area contributed by atoms with Crippen LogP contribution in [0.15, 0.2) is 54.6 Å². The van der Waals surface area contributed by atoms with Crippen LogP contribution >= 0.6 is 0 Å². The van der Waals surface area contributed by atoms with E-state index in [1.54, 1.807) is 17.9 Å². The molecule has 8 heteroatoms. The second kappa shape index (κ2) is 8.55. The second-order valence-corrected chi connectivity index (χ2v) is 9.84. The Morgan fingerprint density at radius 3 is 2.58 bits per heavy atom. The number of hydrogen-bond donors (Lipinski definition) is 1. The molecule has 1 aliphatic heterocycles. The minimum Gasteiger partial charge on any atom is -0.497 e. The normalized spacial score (nSPS) is 17.4. The molecule has 1 aliphatic rings. The molecule has 0 bridgehead atoms. The van der Waals surface area contributed by atoms with Gasteiger partial charge in [-0.3, -0.25) is 9.48 Å². The Hall–Kier alpha value is -3.13. The van der Waals surface area contributed by atoms with Crippen molar-refractivity contribution < 1.29 is 17.9 Å². The fourth-order valence-electron chi connectivity index (χ4n) is 3.87. The van der Waals surface area contributed by atoms with E-state index < -0.39 is 9.84 Å². The molecular weight excluding hydrogens is 414 g/mol. The van der Waals surface area contributed by atoms with Gasteiger partial charge in [-0.25, -0.2) is 8.42 Å². The van der Waals surface area contributed by atoms with Gasteiger partial charge in [-0.2, -0.15) is 5.10 Å². The summed E-state index contributed by atoms with van der Waals surface area (Å²) in [4.78, 5) is 13.0. The minimum absolute atomic E-state index is 0.0254. The number of sulfone groups is 1. The summed E-state index contributed by atoms with van der Waals surface area (Å²) in [5, 5.41) is 7.48. The van der Waals surface area contributed by atoms with Crippen molar-refractivity contribution in [2.45, 2.75) is 25.8 Å². The van der Waals surface area contributed by atoms with Crippen molar-refractivity contribution in [3.05, 3.63) is 65.9 Å². The fraction of sp³-hybridized carbons (Fsp3) is 0.304. The molecule has 4 rings (SSSR count). The quantitative estimate of drug-likeness (QED) is 0.632. The maximum absolute atomic E-state index is 13.0. The molecule has 31 heavy (non-hydrogen) atoms. The smallest absolute Gasteiger partial charge is 0.276 e. The van der Waals surface area contributed by atoms with Crippen molar-refractivity contribution in [2.75, 3.05) is 23.9 Å². The van der Waals surface area contributed by atoms with E-state index in [0.717, 1.165) is 23.2 Å². The Morgan fingerprint density at radius 2 is 1.94 bits per heavy atom. The number of nitrogens with zero attached hydrogens (tertiary/aromatic N) is 2. The van der Waals surface area contributed by atoms with Crippen LogP contribution in [0.5, 0.6) is 5.75 Å². The van der Waals surface area contributed by atoms with Gasteiger partial charge in [-0.05, 0) is 54.8 Å². The average molecular weight is 440 g/mol. The molecule has 162 valence electrons. The van der Waals surface area contributed by atoms with E-state index in [-0.39, 0.29) is 29.1 Å². The maximum Gasteiger partial charge on any atom is 0.276 e. The Kier molecular flexibility index (Phi) is 5.82. The molecule has 1 amide bonds. The van der Waals surface area contributed by atoms with Gasteiger partial charge in [0.25, 0.3) is 5.91 Å². The third-order valence-corrected chi connectivity index (χ3v) is 7.31. The molecule has 0 radical (unpaired) electrons. The lowest BCUT2D eigenvalue weighted by atomic mass is 10.1. The number of benzene rings is 2. The molecule has 7 nitrogen and oxygen atoms in total. The molecule has 0 saturated carbocycles. The van der Waals surface area contributed by atoms with Crippen LogP contribution in [0, 0.1) is 0 Å². The van der Waals surface area contributed by atoms with Crippen molar-refractivity contribution in [2.24, 2.45) is 0 Å². The number of ether oxygens (including phenoxy) is 1. The van der Waals surface area contributed by atoms with Crippen LogP contribution in [0.2, 0.25) is 0 Å². The topological polar surface area (TPSA) is 90.3 Å². The number of para-hydroxylation sites is 1. The summed E-state index contributed by atoms with van der Waals surface area (Å²) in [5.41, 5.74) is 3.58. The molecule has 1 fully saturated rings. The summed E-state index contributed by atoms with van der Waals surface area (Å²) in [6, 6.07) is 16.5. The van der Waals surface area contributed by atoms with Crippen molar-refractivity contribution >= 4 is 21.4 Å². The first-order chi connectivity index (χ1) is 14.9. The summed E-state index contributed by atoms with van der Waals surface area (Å²) >= 11 is 0. The van der Waals surface area contributed by atoms with E-state index in [4.69, 9.17) is 4.74 Å². The first-order valence-electron chi connectivity index (χ1n) is 10.2. The number of carbonyl (C=O) groups is 1. The SMILES string of the molecule is CCc1ccccc1NC(=O)c1cc(-c2ccc(OC)cc2)n([C@H]2CCS(=O)(=O)C2)n1. The Balaban J connectivity index is 1.71. The van der Waals surface area contributed by atoms with E-state index in [0.29, 0.717) is 17.9 Å². The zero-order valence-corrected chi connectivity index (χ0v) is 18.4. The van der Waals surface area contributed by atoms with Crippen molar-refractivity contribution in [1.29, 1.82) is 0 Å². The molecule has 0 unspecified atom stereocenters. The summed E-state index contributed by atoms with van der Waals surface area (Å²) in [5.74, 6) is 0.547. The summed E-state index contributed by atoms with van der Waals surface area (Å²) < 4.78 is 31.0. The van der Waals surface area contributed by atoms with Gasteiger partial charge < -0.3 is 10.1 Å². The number of anilines is 1. The average Bonchev–Trinajstić information content (AvgIpc) is 3.37. The van der Waals surface area contributed by atoms with E-state index in [1.807, 2.05) is 55.5 Å². The maximum atomic E-state index is 13.0. The number of hydrogen-bond acceptors (Lipinski definition) is 5. The van der Waals surface area contributed by atoms with Gasteiger partial charge in [0, 0.05) is 11.3 Å². The largest absolute Gasteiger partial charge is 0.497 e. The Labute approximate surface area is 182 Å². The number of methoxy groups -OCH3 is 1. The number of aryl methyl sites for hydroxylation is 1. The van der Waals surface area contributed by atoms with Gasteiger partial charge in [0.1, 0.15) is 5.75 Å². The number of rotatable bonds is 6. The zero-order chi connectivity index (χ0) is 22.0. The third kappa shape index (κ3) is 4.49. The lowest BCUT2D eigenvalue weighted by Crippen LogP contribution is -2.17. The molecule has 2 heterocycles. The highest BCUT2D eigenvalue weighted by molar-refractivity contribution is 7.91. The van der Waals surface area contributed by atoms with Gasteiger partial charge >= 0.3 is 0 Å². The first kappa shape index (κ1) is 21.1. The van der Waals surface area contributed by atoms with Crippen molar-refractivity contribution in [1.82, 2.24) is 9.78 Å². The van der Waals surface area contributed by atoms with Crippen LogP contribution in [0.4, 0.5) is 5.69 Å². The van der Waals surface area contributed by atoms with Crippen LogP contribution in [0.1, 0.15) is 35.4 Å². The number of aromatic nitrogens is 2. The number of amides is 1. The van der Waals surface area contributed by atoms with Gasteiger partial charge in [0.2, 0.25) is 0 Å². The van der Waals surface area contributed by atoms with Crippen LogP contribution < -0.4 is 10.1 Å². The number of carbonyl (C=O) groups excluding carboxylic acids is 1. The van der Waals surface area contributed by atoms with E-state index in [2.05, 4.69) is 10.4 Å². The molecule has 1 saturated heterocycles. The van der Waals surface area contributed by atoms with Gasteiger partial charge in [0.15, 0.2) is 15.5 Å². The van der Waals surface area contributed by atoms with Gasteiger partial charge in [-0.1, -0.05) is 25.1 Å². The summed E-state index contributed by atoms with van der Waals surface area (Å²) in [6.07, 6.45) is 1.27. The molecule has 1 aromatic heterocycles. The van der Waals surface area contributed by atoms with E-state index >= 15 is 0 Å². The Bertz CT molecular complexity index is 1200. The number of nitrogens with one attached hydrogen (secondary N) is 1. The van der Waals surface area contributed by atoms with Crippen molar-refractivity contribution in [3.63, 3.8) is 0 Å². The molecular formula is C23H25N3O4S. The van der Waals surface area contributed by atoms with Gasteiger partial charge in [-0.15, -0.1) is 0 Å². The van der Waals surface area contributed by atoms with Gasteiger partial charge in [0.05, 0.1) is 30.4 Å². The standard InChI is InChI=1S/C23H25N3O4S/c1-3-16-6-4-5-7-20(16)24-23(27)21-14-22(17-8-10-19(30-2)11-9-17)26(25-21)18-12-13-31(28,29)15-18/h4-11,14,18H,3,12-13,15H2,1-2H3,(H,24,27)/t18-/m0/s1. The predicted octanol–water partition coefficient (Wildman–Crippen LogP) is 3.73. The van der Waals surface area contributed by atoms with Crippen LogP contribution in [-0.4, -0.2) is 42.7 Å². The lowest BCUT2D eigenvalue weighted by molar-refractivity contribution is 0.102. The minimum atomic E-state index is -3.10. The van der Waals surface area contributed by atoms with Crippen LogP contribution in [0.25, 0.3) is 11.3 Å². The second-order valence-electron chi connectivity index (χ2n) is 7.61. The zero-order valence-electron chi connectivity index (χ0n) is 17.5. The van der Waals surface area contributed by atoms with Crippen molar-refractivity contribution in [3.8, 4) is 17.0 Å². The van der Waals surface area contributed by atoms with E-state index in [1.165, 1.54) is 0 Å². The highest BCUT2D eigenvalue weighted by Crippen LogP contribution is 2.31. The first-order valence-corrected chi connectivity index (χ1v) is 12.1. The molecule has 0 aliphatic carbocycles. The molecule has 3 aromatic rings. The fourth-order valence-corrected chi connectivity index (χ4v) is 5.56. The molecule has 1 N–H and O–H groups in total. The summed E-state index contributed by atoms with van der Waals surface area (Å²) in [7, 11) is -1.51. The van der Waals surface area contributed by atoms with Crippen LogP contribution in [0.3, 0.4) is 0 Å². The third-order valence-electron chi connectivity index (χ3n) is 5.55. The molecule has 2 aromatic carbocycles. The monoisotopic (exact) mass is 439 g/mol. The summed E-state index contributed by atoms with van der Waals surface area (Å²) in [6.45, 7) is 2.03. The van der Waals surface area contributed by atoms with E-state index in [9.17, 15) is 13.2 Å². The van der Waals surface area contributed by atoms with Crippen LogP contribution in [-0.2, 0) is 16.3 Å². The predicted molar refractivity (Wildman–Crippen MR) is 120 cm³/mol. The molecule has 0 spiro atoms. The lowest BCUT2D eigenvalue weighted by Gasteiger charge is -2.13. The molecule has 1 atom stereocenters. The highest BCUT2D eigenvalue weighted by atomic mass is 32.2. The highest BCUT2D eigenvalue weighted by Gasteiger charge is 2.32. The Morgan fingerprint density at radius 1 is 1.19 bits per heavy atom.